The van der Waals surface area contributed by atoms with Gasteiger partial charge in [0.25, 0.3) is 0 Å². The van der Waals surface area contributed by atoms with Gasteiger partial charge in [-0.25, -0.2) is 0 Å². The summed E-state index contributed by atoms with van der Waals surface area (Å²) in [6.45, 7) is 4.37. The number of ether oxygens (including phenoxy) is 1. The van der Waals surface area contributed by atoms with Crippen molar-refractivity contribution >= 4 is 12.4 Å². The van der Waals surface area contributed by atoms with Crippen LogP contribution in [0.5, 0.6) is 5.75 Å². The molecule has 0 amide bonds. The van der Waals surface area contributed by atoms with Crippen molar-refractivity contribution in [3.05, 3.63) is 29.8 Å². The molecule has 17 heavy (non-hydrogen) atoms. The zero-order valence-electron chi connectivity index (χ0n) is 10.4. The molecular formula is C14H22ClNO. The number of rotatable bonds is 4. The highest BCUT2D eigenvalue weighted by molar-refractivity contribution is 5.85. The largest absolute Gasteiger partial charge is 0.490 e. The van der Waals surface area contributed by atoms with Gasteiger partial charge in [0.1, 0.15) is 11.9 Å². The second-order valence-electron chi connectivity index (χ2n) is 4.46. The van der Waals surface area contributed by atoms with E-state index in [2.05, 4.69) is 36.5 Å². The molecule has 0 radical (unpaired) electrons. The molecule has 1 aromatic rings. The van der Waals surface area contributed by atoms with Crippen LogP contribution in [0.4, 0.5) is 0 Å². The van der Waals surface area contributed by atoms with E-state index in [4.69, 9.17) is 4.74 Å². The zero-order chi connectivity index (χ0) is 11.2. The summed E-state index contributed by atoms with van der Waals surface area (Å²) >= 11 is 0. The van der Waals surface area contributed by atoms with Gasteiger partial charge in [-0.15, -0.1) is 12.4 Å². The van der Waals surface area contributed by atoms with Gasteiger partial charge in [0.2, 0.25) is 0 Å². The van der Waals surface area contributed by atoms with Crippen LogP contribution in [0, 0.1) is 0 Å². The van der Waals surface area contributed by atoms with Gasteiger partial charge in [-0.05, 0) is 50.0 Å². The highest BCUT2D eigenvalue weighted by atomic mass is 35.5. The number of nitrogens with one attached hydrogen (secondary N) is 1. The maximum Gasteiger partial charge on any atom is 0.119 e. The first-order chi connectivity index (χ1) is 7.88. The average molecular weight is 256 g/mol. The third kappa shape index (κ3) is 4.57. The van der Waals surface area contributed by atoms with Gasteiger partial charge in [-0.1, -0.05) is 25.5 Å². The molecule has 0 spiro atoms. The topological polar surface area (TPSA) is 21.3 Å². The molecule has 3 heteroatoms. The molecule has 96 valence electrons. The normalized spacial score (nSPS) is 16.3. The smallest absolute Gasteiger partial charge is 0.119 e. The van der Waals surface area contributed by atoms with Crippen LogP contribution in [-0.2, 0) is 6.42 Å². The molecule has 1 aromatic carbocycles. The molecule has 2 nitrogen and oxygen atoms in total. The molecule has 1 heterocycles. The summed E-state index contributed by atoms with van der Waals surface area (Å²) in [5, 5.41) is 3.35. The van der Waals surface area contributed by atoms with Crippen LogP contribution < -0.4 is 10.1 Å². The first-order valence-corrected chi connectivity index (χ1v) is 6.35. The van der Waals surface area contributed by atoms with Crippen molar-refractivity contribution in [3.63, 3.8) is 0 Å². The van der Waals surface area contributed by atoms with Crippen molar-refractivity contribution in [2.75, 3.05) is 13.1 Å². The van der Waals surface area contributed by atoms with Gasteiger partial charge in [0.05, 0.1) is 0 Å². The second kappa shape index (κ2) is 7.57. The molecule has 1 N–H and O–H groups in total. The summed E-state index contributed by atoms with van der Waals surface area (Å²) in [7, 11) is 0. The maximum absolute atomic E-state index is 5.95. The van der Waals surface area contributed by atoms with Crippen molar-refractivity contribution in [1.82, 2.24) is 5.32 Å². The van der Waals surface area contributed by atoms with Crippen molar-refractivity contribution in [2.24, 2.45) is 0 Å². The van der Waals surface area contributed by atoms with Crippen LogP contribution in [0.25, 0.3) is 0 Å². The molecule has 1 aliphatic heterocycles. The summed E-state index contributed by atoms with van der Waals surface area (Å²) in [6.07, 6.45) is 5.01. The molecule has 2 rings (SSSR count). The quantitative estimate of drug-likeness (QED) is 0.892. The minimum absolute atomic E-state index is 0. The van der Waals surface area contributed by atoms with E-state index in [-0.39, 0.29) is 12.4 Å². The van der Waals surface area contributed by atoms with E-state index in [0.29, 0.717) is 6.10 Å². The second-order valence-corrected chi connectivity index (χ2v) is 4.46. The Morgan fingerprint density at radius 3 is 2.41 bits per heavy atom. The predicted molar refractivity (Wildman–Crippen MR) is 74.2 cm³/mol. The van der Waals surface area contributed by atoms with Gasteiger partial charge in [-0.2, -0.15) is 0 Å². The number of piperidine rings is 1. The number of hydrogen-bond acceptors (Lipinski definition) is 2. The summed E-state index contributed by atoms with van der Waals surface area (Å²) in [6, 6.07) is 8.57. The highest BCUT2D eigenvalue weighted by Gasteiger charge is 2.13. The Morgan fingerprint density at radius 1 is 1.18 bits per heavy atom. The molecule has 0 bridgehead atoms. The number of halogens is 1. The third-order valence-electron chi connectivity index (χ3n) is 3.05. The molecule has 1 saturated heterocycles. The van der Waals surface area contributed by atoms with E-state index in [9.17, 15) is 0 Å². The van der Waals surface area contributed by atoms with Crippen LogP contribution in [0.1, 0.15) is 31.7 Å². The van der Waals surface area contributed by atoms with Crippen molar-refractivity contribution in [2.45, 2.75) is 38.7 Å². The minimum Gasteiger partial charge on any atom is -0.490 e. The highest BCUT2D eigenvalue weighted by Crippen LogP contribution is 2.17. The molecule has 1 aliphatic rings. The molecule has 1 fully saturated rings. The predicted octanol–water partition coefficient (Wildman–Crippen LogP) is 3.19. The van der Waals surface area contributed by atoms with E-state index in [1.807, 2.05) is 0 Å². The fourth-order valence-electron chi connectivity index (χ4n) is 2.13. The lowest BCUT2D eigenvalue weighted by Crippen LogP contribution is -2.34. The Morgan fingerprint density at radius 2 is 1.82 bits per heavy atom. The van der Waals surface area contributed by atoms with E-state index < -0.39 is 0 Å². The average Bonchev–Trinajstić information content (AvgIpc) is 2.33. The van der Waals surface area contributed by atoms with E-state index in [0.717, 1.165) is 38.1 Å². The van der Waals surface area contributed by atoms with E-state index in [1.54, 1.807) is 0 Å². The van der Waals surface area contributed by atoms with Crippen molar-refractivity contribution in [3.8, 4) is 5.75 Å². The number of hydrogen-bond donors (Lipinski definition) is 1. The van der Waals surface area contributed by atoms with Gasteiger partial charge < -0.3 is 10.1 Å². The van der Waals surface area contributed by atoms with Crippen molar-refractivity contribution < 1.29 is 4.74 Å². The molecule has 0 aromatic heterocycles. The summed E-state index contributed by atoms with van der Waals surface area (Å²) in [4.78, 5) is 0. The lowest BCUT2D eigenvalue weighted by Gasteiger charge is -2.23. The Bertz CT molecular complexity index is 307. The minimum atomic E-state index is 0. The van der Waals surface area contributed by atoms with E-state index in [1.165, 1.54) is 12.0 Å². The lowest BCUT2D eigenvalue weighted by atomic mass is 10.1. The maximum atomic E-state index is 5.95. The van der Waals surface area contributed by atoms with Crippen LogP contribution in [0.3, 0.4) is 0 Å². The van der Waals surface area contributed by atoms with Crippen molar-refractivity contribution in [1.29, 1.82) is 0 Å². The zero-order valence-corrected chi connectivity index (χ0v) is 11.3. The van der Waals surface area contributed by atoms with Crippen LogP contribution in [0.2, 0.25) is 0 Å². The standard InChI is InChI=1S/C14H21NO.ClH/c1-2-3-12-4-6-13(7-5-12)16-14-8-10-15-11-9-14;/h4-7,14-15H,2-3,8-11H2,1H3;1H. The molecule has 0 saturated carbocycles. The number of aryl methyl sites for hydroxylation is 1. The molecule has 0 unspecified atom stereocenters. The van der Waals surface area contributed by atoms with Gasteiger partial charge >= 0.3 is 0 Å². The number of benzene rings is 1. The summed E-state index contributed by atoms with van der Waals surface area (Å²) in [5.41, 5.74) is 1.40. The first kappa shape index (κ1) is 14.3. The Balaban J connectivity index is 0.00000144. The Kier molecular flexibility index (Phi) is 6.38. The summed E-state index contributed by atoms with van der Waals surface area (Å²) < 4.78 is 5.95. The van der Waals surface area contributed by atoms with Gasteiger partial charge in [-0.3, -0.25) is 0 Å². The molecule has 0 atom stereocenters. The van der Waals surface area contributed by atoms with Gasteiger partial charge in [0, 0.05) is 0 Å². The summed E-state index contributed by atoms with van der Waals surface area (Å²) in [5.74, 6) is 1.02. The molecule has 0 aliphatic carbocycles. The van der Waals surface area contributed by atoms with Crippen LogP contribution >= 0.6 is 12.4 Å². The fraction of sp³-hybridized carbons (Fsp3) is 0.571. The van der Waals surface area contributed by atoms with E-state index >= 15 is 0 Å². The first-order valence-electron chi connectivity index (χ1n) is 6.35. The monoisotopic (exact) mass is 255 g/mol. The van der Waals surface area contributed by atoms with Gasteiger partial charge in [0.15, 0.2) is 0 Å². The van der Waals surface area contributed by atoms with Crippen LogP contribution in [-0.4, -0.2) is 19.2 Å². The fourth-order valence-corrected chi connectivity index (χ4v) is 2.13. The Hall–Kier alpha value is -0.730. The lowest BCUT2D eigenvalue weighted by molar-refractivity contribution is 0.162. The van der Waals surface area contributed by atoms with Crippen LogP contribution in [0.15, 0.2) is 24.3 Å². The molecular weight excluding hydrogens is 234 g/mol. The third-order valence-corrected chi connectivity index (χ3v) is 3.05. The SMILES string of the molecule is CCCc1ccc(OC2CCNCC2)cc1.Cl. The Labute approximate surface area is 110 Å².